The van der Waals surface area contributed by atoms with Crippen molar-refractivity contribution >= 4 is 55.8 Å². The lowest BCUT2D eigenvalue weighted by Crippen LogP contribution is -2.03. The van der Waals surface area contributed by atoms with Gasteiger partial charge in [0, 0.05) is 49.7 Å². The Bertz CT molecular complexity index is 2500. The maximum Gasteiger partial charge on any atom is 0.0562 e. The van der Waals surface area contributed by atoms with E-state index in [4.69, 9.17) is 0 Å². The Morgan fingerprint density at radius 3 is 1.96 bits per heavy atom. The van der Waals surface area contributed by atoms with Gasteiger partial charge in [0.1, 0.15) is 0 Å². The van der Waals surface area contributed by atoms with E-state index in [0.717, 1.165) is 12.8 Å². The van der Waals surface area contributed by atoms with E-state index in [2.05, 4.69) is 167 Å². The summed E-state index contributed by atoms with van der Waals surface area (Å²) in [6.45, 7) is 4.36. The molecule has 0 radical (unpaired) electrons. The molecular weight excluding hydrogens is 546 g/mol. The molecule has 0 bridgehead atoms. The lowest BCUT2D eigenvalue weighted by Gasteiger charge is -2.15. The van der Waals surface area contributed by atoms with E-state index >= 15 is 0 Å². The maximum absolute atomic E-state index is 2.57. The average molecular weight is 580 g/mol. The SMILES string of the molecule is C/C=C\c1c(C)n(-c2cccc3c2c2c(n3-c3cccc4c3c3ccccc3n4-c3ccccc3)CCC=C2)c2ccccc12. The Labute approximate surface area is 262 Å². The molecule has 45 heavy (non-hydrogen) atoms. The lowest BCUT2D eigenvalue weighted by molar-refractivity contribution is 0.892. The van der Waals surface area contributed by atoms with Crippen LogP contribution in [0.1, 0.15) is 35.9 Å². The van der Waals surface area contributed by atoms with Gasteiger partial charge in [0.25, 0.3) is 0 Å². The molecule has 3 nitrogen and oxygen atoms in total. The van der Waals surface area contributed by atoms with Crippen molar-refractivity contribution in [3.8, 4) is 17.1 Å². The minimum absolute atomic E-state index is 1.00. The van der Waals surface area contributed by atoms with Crippen LogP contribution in [0.4, 0.5) is 0 Å². The van der Waals surface area contributed by atoms with E-state index in [-0.39, 0.29) is 0 Å². The first kappa shape index (κ1) is 25.9. The van der Waals surface area contributed by atoms with Crippen molar-refractivity contribution in [1.29, 1.82) is 0 Å². The topological polar surface area (TPSA) is 14.8 Å². The van der Waals surface area contributed by atoms with Gasteiger partial charge in [-0.2, -0.15) is 0 Å². The first-order valence-electron chi connectivity index (χ1n) is 15.9. The number of aromatic nitrogens is 3. The summed E-state index contributed by atoms with van der Waals surface area (Å²) < 4.78 is 7.45. The Balaban J connectivity index is 1.41. The second kappa shape index (κ2) is 10.0. The molecule has 3 heteroatoms. The van der Waals surface area contributed by atoms with Crippen LogP contribution in [-0.2, 0) is 6.42 Å². The van der Waals surface area contributed by atoms with Gasteiger partial charge in [-0.1, -0.05) is 91.0 Å². The minimum Gasteiger partial charge on any atom is -0.313 e. The maximum atomic E-state index is 2.57. The summed E-state index contributed by atoms with van der Waals surface area (Å²) in [4.78, 5) is 0. The summed E-state index contributed by atoms with van der Waals surface area (Å²) in [5, 5.41) is 5.15. The second-order valence-electron chi connectivity index (χ2n) is 12.0. The van der Waals surface area contributed by atoms with Crippen molar-refractivity contribution in [3.05, 3.63) is 150 Å². The summed E-state index contributed by atoms with van der Waals surface area (Å²) in [5.74, 6) is 0. The van der Waals surface area contributed by atoms with E-state index in [0.29, 0.717) is 0 Å². The van der Waals surface area contributed by atoms with Gasteiger partial charge < -0.3 is 13.7 Å². The van der Waals surface area contributed by atoms with Crippen LogP contribution in [-0.4, -0.2) is 13.7 Å². The number of rotatable bonds is 4. The zero-order valence-electron chi connectivity index (χ0n) is 25.5. The molecule has 0 saturated carbocycles. The van der Waals surface area contributed by atoms with Crippen molar-refractivity contribution in [2.24, 2.45) is 0 Å². The quantitative estimate of drug-likeness (QED) is 0.197. The number of fused-ring (bicyclic) bond motifs is 7. The summed E-state index contributed by atoms with van der Waals surface area (Å²) in [6.07, 6.45) is 11.1. The van der Waals surface area contributed by atoms with Gasteiger partial charge in [0.2, 0.25) is 0 Å². The van der Waals surface area contributed by atoms with E-state index in [9.17, 15) is 0 Å². The summed E-state index contributed by atoms with van der Waals surface area (Å²) >= 11 is 0. The predicted molar refractivity (Wildman–Crippen MR) is 191 cm³/mol. The van der Waals surface area contributed by atoms with Gasteiger partial charge in [0.15, 0.2) is 0 Å². The predicted octanol–water partition coefficient (Wildman–Crippen LogP) is 11.0. The molecule has 9 rings (SSSR count). The third kappa shape index (κ3) is 3.64. The Kier molecular flexibility index (Phi) is 5.76. The molecule has 216 valence electrons. The smallest absolute Gasteiger partial charge is 0.0562 e. The number of benzene rings is 5. The molecule has 1 aliphatic carbocycles. The van der Waals surface area contributed by atoms with E-state index in [1.807, 2.05) is 0 Å². The summed E-state index contributed by atoms with van der Waals surface area (Å²) in [7, 11) is 0. The van der Waals surface area contributed by atoms with Gasteiger partial charge in [-0.15, -0.1) is 0 Å². The van der Waals surface area contributed by atoms with Crippen molar-refractivity contribution in [3.63, 3.8) is 0 Å². The molecule has 0 spiro atoms. The zero-order valence-corrected chi connectivity index (χ0v) is 25.5. The molecule has 0 atom stereocenters. The third-order valence-corrected chi connectivity index (χ3v) is 9.61. The Hall–Kier alpha value is -5.54. The highest BCUT2D eigenvalue weighted by Gasteiger charge is 2.25. The molecule has 8 aromatic rings. The monoisotopic (exact) mass is 579 g/mol. The standard InChI is InChI=1S/C42H33N3/c1-3-15-30-28(2)43(34-21-10-7-18-31(30)34)37-24-13-26-39-41(37)33-20-9-12-23-36(33)45(39)40-27-14-25-38-42(40)32-19-8-11-22-35(32)44(38)29-16-5-4-6-17-29/h3-11,13-22,24-27H,12,23H2,1-2H3/b15-3-. The van der Waals surface area contributed by atoms with Crippen molar-refractivity contribution < 1.29 is 0 Å². The highest BCUT2D eigenvalue weighted by atomic mass is 15.0. The van der Waals surface area contributed by atoms with Gasteiger partial charge >= 0.3 is 0 Å². The molecule has 0 amide bonds. The largest absolute Gasteiger partial charge is 0.313 e. The van der Waals surface area contributed by atoms with E-state index in [1.165, 1.54) is 83.2 Å². The minimum atomic E-state index is 1.00. The van der Waals surface area contributed by atoms with Crippen LogP contribution in [0.5, 0.6) is 0 Å². The van der Waals surface area contributed by atoms with Crippen molar-refractivity contribution in [2.75, 3.05) is 0 Å². The second-order valence-corrected chi connectivity index (χ2v) is 12.0. The van der Waals surface area contributed by atoms with Crippen molar-refractivity contribution in [1.82, 2.24) is 13.7 Å². The lowest BCUT2D eigenvalue weighted by atomic mass is 10.0. The molecule has 0 unspecified atom stereocenters. The van der Waals surface area contributed by atoms with Gasteiger partial charge in [-0.3, -0.25) is 0 Å². The number of nitrogens with zero attached hydrogens (tertiary/aromatic N) is 3. The van der Waals surface area contributed by atoms with Crippen LogP contribution < -0.4 is 0 Å². The van der Waals surface area contributed by atoms with Crippen LogP contribution in [0.2, 0.25) is 0 Å². The third-order valence-electron chi connectivity index (χ3n) is 9.61. The normalized spacial score (nSPS) is 13.2. The van der Waals surface area contributed by atoms with Gasteiger partial charge in [-0.25, -0.2) is 0 Å². The highest BCUT2D eigenvalue weighted by molar-refractivity contribution is 6.14. The van der Waals surface area contributed by atoms with E-state index in [1.54, 1.807) is 0 Å². The van der Waals surface area contributed by atoms with Crippen LogP contribution in [0, 0.1) is 6.92 Å². The molecule has 3 heterocycles. The summed E-state index contributed by atoms with van der Waals surface area (Å²) in [6, 6.07) is 42.1. The van der Waals surface area contributed by atoms with Crippen LogP contribution >= 0.6 is 0 Å². The van der Waals surface area contributed by atoms with Crippen LogP contribution in [0.25, 0.3) is 72.8 Å². The number of hydrogen-bond acceptors (Lipinski definition) is 0. The van der Waals surface area contributed by atoms with Gasteiger partial charge in [0.05, 0.1) is 33.4 Å². The highest BCUT2D eigenvalue weighted by Crippen LogP contribution is 2.43. The fraction of sp³-hybridized carbons (Fsp3) is 0.0952. The fourth-order valence-corrected chi connectivity index (χ4v) is 7.83. The van der Waals surface area contributed by atoms with Crippen molar-refractivity contribution in [2.45, 2.75) is 26.7 Å². The fourth-order valence-electron chi connectivity index (χ4n) is 7.83. The molecule has 0 aliphatic heterocycles. The Morgan fingerprint density at radius 1 is 0.578 bits per heavy atom. The molecule has 5 aromatic carbocycles. The zero-order chi connectivity index (χ0) is 30.1. The number of para-hydroxylation sites is 3. The molecule has 0 saturated heterocycles. The Morgan fingerprint density at radius 2 is 1.20 bits per heavy atom. The average Bonchev–Trinajstić information content (AvgIpc) is 3.71. The number of allylic oxidation sites excluding steroid dienone is 2. The number of hydrogen-bond donors (Lipinski definition) is 0. The molecule has 0 N–H and O–H groups in total. The molecule has 1 aliphatic rings. The first-order valence-corrected chi connectivity index (χ1v) is 15.9. The summed E-state index contributed by atoms with van der Waals surface area (Å²) in [5.41, 5.74) is 13.8. The van der Waals surface area contributed by atoms with Crippen LogP contribution in [0.15, 0.2) is 127 Å². The van der Waals surface area contributed by atoms with Crippen LogP contribution in [0.3, 0.4) is 0 Å². The first-order chi connectivity index (χ1) is 22.3. The molecule has 0 fully saturated rings. The molecular formula is C42H33N3. The van der Waals surface area contributed by atoms with Gasteiger partial charge in [-0.05, 0) is 75.2 Å². The van der Waals surface area contributed by atoms with E-state index < -0.39 is 0 Å². The molecule has 3 aromatic heterocycles.